The Hall–Kier alpha value is -0.0200. The van der Waals surface area contributed by atoms with E-state index in [0.717, 1.165) is 5.04 Å². The van der Waals surface area contributed by atoms with E-state index in [-0.39, 0.29) is 5.83 Å². The third-order valence-corrected chi connectivity index (χ3v) is 2.54. The number of nitrogens with zero attached hydrogens (tertiary/aromatic N) is 1. The SMILES string of the molecule is CSC(C)=NC1=C(F)[C@H](Cl)C1. The molecule has 1 nitrogen and oxygen atoms in total. The van der Waals surface area contributed by atoms with Crippen molar-refractivity contribution in [2.75, 3.05) is 6.26 Å². The molecular weight excluding hydrogens is 185 g/mol. The van der Waals surface area contributed by atoms with Gasteiger partial charge in [-0.05, 0) is 13.2 Å². The Labute approximate surface area is 74.7 Å². The highest BCUT2D eigenvalue weighted by molar-refractivity contribution is 8.13. The van der Waals surface area contributed by atoms with Gasteiger partial charge in [-0.15, -0.1) is 23.4 Å². The maximum absolute atomic E-state index is 12.7. The molecule has 1 aliphatic carbocycles. The normalized spacial score (nSPS) is 25.5. The minimum atomic E-state index is -0.427. The zero-order chi connectivity index (χ0) is 8.43. The van der Waals surface area contributed by atoms with Crippen LogP contribution in [-0.4, -0.2) is 16.7 Å². The molecular formula is C7H9ClFNS. The molecule has 62 valence electrons. The van der Waals surface area contributed by atoms with Crippen molar-refractivity contribution in [1.29, 1.82) is 0 Å². The van der Waals surface area contributed by atoms with Gasteiger partial charge in [-0.3, -0.25) is 0 Å². The number of aliphatic imine (C=N–C) groups is 1. The van der Waals surface area contributed by atoms with E-state index >= 15 is 0 Å². The standard InChI is InChI=1S/C7H9ClFNS/c1-4(11-2)10-6-3-5(8)7(6)9/h5H,3H2,1-2H3/t5-/m1/s1. The largest absolute Gasteiger partial charge is 0.248 e. The molecule has 0 radical (unpaired) electrons. The summed E-state index contributed by atoms with van der Waals surface area (Å²) in [6, 6.07) is 0. The van der Waals surface area contributed by atoms with Crippen LogP contribution in [-0.2, 0) is 0 Å². The highest BCUT2D eigenvalue weighted by Gasteiger charge is 2.27. The lowest BCUT2D eigenvalue weighted by Crippen LogP contribution is -2.14. The van der Waals surface area contributed by atoms with Crippen molar-refractivity contribution >= 4 is 28.4 Å². The number of alkyl halides is 1. The molecule has 1 aliphatic rings. The van der Waals surface area contributed by atoms with Crippen LogP contribution < -0.4 is 0 Å². The van der Waals surface area contributed by atoms with Crippen LogP contribution in [0.1, 0.15) is 13.3 Å². The van der Waals surface area contributed by atoms with E-state index in [4.69, 9.17) is 11.6 Å². The van der Waals surface area contributed by atoms with Crippen LogP contribution in [0.15, 0.2) is 16.5 Å². The Kier molecular flexibility index (Phi) is 2.96. The lowest BCUT2D eigenvalue weighted by atomic mass is 10.0. The maximum Gasteiger partial charge on any atom is 0.140 e. The molecule has 0 amide bonds. The number of halogens is 2. The molecule has 0 aromatic rings. The summed E-state index contributed by atoms with van der Waals surface area (Å²) >= 11 is 7.02. The summed E-state index contributed by atoms with van der Waals surface area (Å²) in [5, 5.41) is 0.446. The fourth-order valence-corrected chi connectivity index (χ4v) is 1.21. The van der Waals surface area contributed by atoms with Crippen molar-refractivity contribution in [3.8, 4) is 0 Å². The van der Waals surface area contributed by atoms with Gasteiger partial charge in [-0.25, -0.2) is 9.38 Å². The molecule has 0 unspecified atom stereocenters. The van der Waals surface area contributed by atoms with Crippen LogP contribution in [0, 0.1) is 0 Å². The van der Waals surface area contributed by atoms with Crippen LogP contribution in [0.4, 0.5) is 4.39 Å². The lowest BCUT2D eigenvalue weighted by molar-refractivity contribution is 0.524. The first-order chi connectivity index (χ1) is 5.15. The summed E-state index contributed by atoms with van der Waals surface area (Å²) in [6.45, 7) is 1.85. The Bertz CT molecular complexity index is 224. The van der Waals surface area contributed by atoms with Crippen molar-refractivity contribution < 1.29 is 4.39 Å². The van der Waals surface area contributed by atoms with Crippen molar-refractivity contribution in [3.05, 3.63) is 11.5 Å². The number of hydrogen-bond donors (Lipinski definition) is 0. The van der Waals surface area contributed by atoms with Crippen molar-refractivity contribution in [2.24, 2.45) is 4.99 Å². The molecule has 0 aliphatic heterocycles. The van der Waals surface area contributed by atoms with E-state index in [1.807, 2.05) is 13.2 Å². The van der Waals surface area contributed by atoms with E-state index in [2.05, 4.69) is 4.99 Å². The van der Waals surface area contributed by atoms with Crippen molar-refractivity contribution in [3.63, 3.8) is 0 Å². The maximum atomic E-state index is 12.7. The Morgan fingerprint density at radius 1 is 1.82 bits per heavy atom. The second-order valence-electron chi connectivity index (χ2n) is 2.30. The summed E-state index contributed by atoms with van der Waals surface area (Å²) in [5.41, 5.74) is 0.511. The van der Waals surface area contributed by atoms with E-state index in [0.29, 0.717) is 12.1 Å². The van der Waals surface area contributed by atoms with E-state index in [9.17, 15) is 4.39 Å². The molecule has 1 rings (SSSR count). The van der Waals surface area contributed by atoms with Gasteiger partial charge in [0.1, 0.15) is 5.83 Å². The van der Waals surface area contributed by atoms with Crippen LogP contribution in [0.5, 0.6) is 0 Å². The topological polar surface area (TPSA) is 12.4 Å². The first-order valence-corrected chi connectivity index (χ1v) is 4.93. The summed E-state index contributed by atoms with van der Waals surface area (Å²) in [6.07, 6.45) is 2.47. The fraction of sp³-hybridized carbons (Fsp3) is 0.571. The van der Waals surface area contributed by atoms with Gasteiger partial charge in [-0.2, -0.15) is 0 Å². The number of thioether (sulfide) groups is 1. The van der Waals surface area contributed by atoms with E-state index < -0.39 is 5.38 Å². The van der Waals surface area contributed by atoms with Gasteiger partial charge in [-0.1, -0.05) is 0 Å². The fourth-order valence-electron chi connectivity index (χ4n) is 0.741. The number of hydrogen-bond acceptors (Lipinski definition) is 2. The Morgan fingerprint density at radius 2 is 2.45 bits per heavy atom. The van der Waals surface area contributed by atoms with Gasteiger partial charge in [0.15, 0.2) is 0 Å². The highest BCUT2D eigenvalue weighted by atomic mass is 35.5. The van der Waals surface area contributed by atoms with Crippen LogP contribution in [0.2, 0.25) is 0 Å². The Balaban J connectivity index is 2.66. The van der Waals surface area contributed by atoms with Crippen LogP contribution in [0.3, 0.4) is 0 Å². The summed E-state index contributed by atoms with van der Waals surface area (Å²) < 4.78 is 12.7. The first-order valence-electron chi connectivity index (χ1n) is 3.27. The molecule has 0 fully saturated rings. The predicted octanol–water partition coefficient (Wildman–Crippen LogP) is 2.96. The molecule has 0 spiro atoms. The minimum absolute atomic E-state index is 0.264. The molecule has 0 aromatic carbocycles. The minimum Gasteiger partial charge on any atom is -0.248 e. The predicted molar refractivity (Wildman–Crippen MR) is 49.0 cm³/mol. The molecule has 0 heterocycles. The van der Waals surface area contributed by atoms with E-state index in [1.165, 1.54) is 11.8 Å². The van der Waals surface area contributed by atoms with Crippen LogP contribution >= 0.6 is 23.4 Å². The van der Waals surface area contributed by atoms with E-state index in [1.54, 1.807) is 0 Å². The molecule has 4 heteroatoms. The Morgan fingerprint density at radius 3 is 2.82 bits per heavy atom. The third kappa shape index (κ3) is 1.97. The van der Waals surface area contributed by atoms with Gasteiger partial charge in [0, 0.05) is 6.42 Å². The molecule has 0 N–H and O–H groups in total. The quantitative estimate of drug-likeness (QED) is 0.354. The van der Waals surface area contributed by atoms with Crippen molar-refractivity contribution in [2.45, 2.75) is 18.7 Å². The molecule has 0 saturated carbocycles. The molecule has 0 saturated heterocycles. The summed E-state index contributed by atoms with van der Waals surface area (Å²) in [5.74, 6) is -0.264. The zero-order valence-electron chi connectivity index (χ0n) is 6.40. The van der Waals surface area contributed by atoms with Gasteiger partial charge < -0.3 is 0 Å². The smallest absolute Gasteiger partial charge is 0.140 e. The molecule has 0 bridgehead atoms. The second-order valence-corrected chi connectivity index (χ2v) is 3.83. The highest BCUT2D eigenvalue weighted by Crippen LogP contribution is 2.35. The van der Waals surface area contributed by atoms with Gasteiger partial charge in [0.05, 0.1) is 16.1 Å². The zero-order valence-corrected chi connectivity index (χ0v) is 7.97. The average molecular weight is 194 g/mol. The first kappa shape index (κ1) is 9.07. The second kappa shape index (κ2) is 3.59. The monoisotopic (exact) mass is 193 g/mol. The number of rotatable bonds is 1. The van der Waals surface area contributed by atoms with Gasteiger partial charge in [0.25, 0.3) is 0 Å². The summed E-state index contributed by atoms with van der Waals surface area (Å²) in [4.78, 5) is 4.03. The summed E-state index contributed by atoms with van der Waals surface area (Å²) in [7, 11) is 0. The van der Waals surface area contributed by atoms with Crippen LogP contribution in [0.25, 0.3) is 0 Å². The van der Waals surface area contributed by atoms with Gasteiger partial charge >= 0.3 is 0 Å². The molecule has 11 heavy (non-hydrogen) atoms. The molecule has 0 aromatic heterocycles. The number of allylic oxidation sites excluding steroid dienone is 2. The third-order valence-electron chi connectivity index (χ3n) is 1.51. The average Bonchev–Trinajstić information content (AvgIpc) is 2.03. The lowest BCUT2D eigenvalue weighted by Gasteiger charge is -2.19. The molecule has 1 atom stereocenters. The van der Waals surface area contributed by atoms with Crippen molar-refractivity contribution in [1.82, 2.24) is 0 Å². The van der Waals surface area contributed by atoms with Gasteiger partial charge in [0.2, 0.25) is 0 Å².